The van der Waals surface area contributed by atoms with Crippen LogP contribution in [0, 0.1) is 20.1 Å². The highest BCUT2D eigenvalue weighted by Gasteiger charge is 2.27. The maximum Gasteiger partial charge on any atom is 0.528 e. The summed E-state index contributed by atoms with van der Waals surface area (Å²) in [6, 6.07) is 11.4. The molecule has 0 saturated carbocycles. The molecule has 3 aromatic rings. The third kappa shape index (κ3) is 3.35. The van der Waals surface area contributed by atoms with E-state index in [1.54, 1.807) is 0 Å². The lowest BCUT2D eigenvalue weighted by Crippen LogP contribution is -1.85. The van der Waals surface area contributed by atoms with E-state index in [1.807, 2.05) is 43.3 Å². The summed E-state index contributed by atoms with van der Waals surface area (Å²) in [6.07, 6.45) is -0.938. The van der Waals surface area contributed by atoms with E-state index in [9.17, 15) is 0 Å². The standard InChI is InChI=1S/C16H10N6S2/c1-10-9-12(24-22-10)20-21-15-13(11-7-5-4-6-8-11)19-16(23-15)14(17-2)18-3/h4-9,14H,1H3. The highest BCUT2D eigenvalue weighted by Crippen LogP contribution is 2.40. The van der Waals surface area contributed by atoms with Crippen molar-refractivity contribution in [1.82, 2.24) is 9.36 Å². The Morgan fingerprint density at radius 2 is 1.88 bits per heavy atom. The predicted octanol–water partition coefficient (Wildman–Crippen LogP) is 5.83. The zero-order chi connectivity index (χ0) is 16.9. The highest BCUT2D eigenvalue weighted by molar-refractivity contribution is 7.16. The summed E-state index contributed by atoms with van der Waals surface area (Å²) < 4.78 is 4.17. The van der Waals surface area contributed by atoms with E-state index in [1.165, 1.54) is 22.9 Å². The smallest absolute Gasteiger partial charge is 0.226 e. The van der Waals surface area contributed by atoms with Crippen molar-refractivity contribution in [3.8, 4) is 11.3 Å². The fourth-order valence-electron chi connectivity index (χ4n) is 1.92. The Kier molecular flexibility index (Phi) is 4.71. The molecule has 2 heterocycles. The van der Waals surface area contributed by atoms with Crippen molar-refractivity contribution in [3.63, 3.8) is 0 Å². The molecule has 0 unspecified atom stereocenters. The maximum absolute atomic E-state index is 7.14. The monoisotopic (exact) mass is 350 g/mol. The summed E-state index contributed by atoms with van der Waals surface area (Å²) in [7, 11) is 0. The largest absolute Gasteiger partial charge is 0.528 e. The van der Waals surface area contributed by atoms with Crippen molar-refractivity contribution in [2.75, 3.05) is 0 Å². The number of rotatable bonds is 4. The quantitative estimate of drug-likeness (QED) is 0.439. The van der Waals surface area contributed by atoms with Gasteiger partial charge in [0.25, 0.3) is 5.01 Å². The maximum atomic E-state index is 7.14. The Morgan fingerprint density at radius 3 is 2.50 bits per heavy atom. The van der Waals surface area contributed by atoms with Gasteiger partial charge in [0.2, 0.25) is 0 Å². The van der Waals surface area contributed by atoms with E-state index in [-0.39, 0.29) is 0 Å². The highest BCUT2D eigenvalue weighted by atomic mass is 32.1. The topological polar surface area (TPSA) is 59.2 Å². The average molecular weight is 350 g/mol. The van der Waals surface area contributed by atoms with E-state index in [4.69, 9.17) is 13.1 Å². The van der Waals surface area contributed by atoms with Crippen LogP contribution in [0.3, 0.4) is 0 Å². The van der Waals surface area contributed by atoms with Crippen LogP contribution in [0.4, 0.5) is 10.0 Å². The lowest BCUT2D eigenvalue weighted by molar-refractivity contribution is 1.04. The SMILES string of the molecule is [C-]#[N+]C([N+]#[C-])c1nc(-c2ccccc2)c(N=Nc2cc(C)ns2)s1. The molecule has 0 spiro atoms. The first kappa shape index (κ1) is 15.9. The molecule has 8 heteroatoms. The number of hydrogen-bond acceptors (Lipinski definition) is 6. The first-order valence-electron chi connectivity index (χ1n) is 6.85. The predicted molar refractivity (Wildman–Crippen MR) is 94.5 cm³/mol. The molecule has 3 rings (SSSR count). The lowest BCUT2D eigenvalue weighted by Gasteiger charge is -1.96. The minimum Gasteiger partial charge on any atom is -0.226 e. The molecule has 0 bridgehead atoms. The van der Waals surface area contributed by atoms with Crippen molar-refractivity contribution < 1.29 is 0 Å². The fourth-order valence-corrected chi connectivity index (χ4v) is 3.40. The number of nitrogens with zero attached hydrogens (tertiary/aromatic N) is 6. The lowest BCUT2D eigenvalue weighted by atomic mass is 10.2. The Hall–Kier alpha value is -2.94. The summed E-state index contributed by atoms with van der Waals surface area (Å²) in [5, 5.41) is 10.2. The summed E-state index contributed by atoms with van der Waals surface area (Å²) in [5.41, 5.74) is 2.41. The fraction of sp³-hybridized carbons (Fsp3) is 0.125. The number of benzene rings is 1. The normalized spacial score (nSPS) is 10.8. The van der Waals surface area contributed by atoms with Gasteiger partial charge < -0.3 is 0 Å². The molecule has 0 fully saturated rings. The van der Waals surface area contributed by atoms with Gasteiger partial charge in [0, 0.05) is 5.56 Å². The number of azo groups is 1. The second-order valence-electron chi connectivity index (χ2n) is 4.71. The van der Waals surface area contributed by atoms with Gasteiger partial charge in [0.1, 0.15) is 5.69 Å². The molecule has 0 aliphatic carbocycles. The molecule has 116 valence electrons. The first-order valence-corrected chi connectivity index (χ1v) is 8.44. The molecule has 0 amide bonds. The van der Waals surface area contributed by atoms with E-state index >= 15 is 0 Å². The Balaban J connectivity index is 2.04. The molecule has 0 atom stereocenters. The van der Waals surface area contributed by atoms with E-state index in [0.717, 1.165) is 11.3 Å². The van der Waals surface area contributed by atoms with Gasteiger partial charge in [-0.15, -0.1) is 10.2 Å². The second-order valence-corrected chi connectivity index (χ2v) is 6.50. The summed E-state index contributed by atoms with van der Waals surface area (Å²) in [4.78, 5) is 11.1. The molecule has 0 N–H and O–H groups in total. The molecule has 2 aromatic heterocycles. The van der Waals surface area contributed by atoms with Gasteiger partial charge in [0.05, 0.1) is 5.69 Å². The van der Waals surface area contributed by atoms with Gasteiger partial charge in [-0.05, 0) is 24.5 Å². The van der Waals surface area contributed by atoms with Crippen LogP contribution in [0.15, 0.2) is 46.6 Å². The van der Waals surface area contributed by atoms with E-state index < -0.39 is 6.17 Å². The molecule has 24 heavy (non-hydrogen) atoms. The van der Waals surface area contributed by atoms with Gasteiger partial charge in [0.15, 0.2) is 10.0 Å². The second kappa shape index (κ2) is 7.09. The van der Waals surface area contributed by atoms with Gasteiger partial charge in [-0.25, -0.2) is 27.8 Å². The number of aromatic nitrogens is 2. The van der Waals surface area contributed by atoms with Crippen molar-refractivity contribution >= 4 is 32.9 Å². The number of thiazole rings is 1. The van der Waals surface area contributed by atoms with Gasteiger partial charge in [-0.3, -0.25) is 0 Å². The summed E-state index contributed by atoms with van der Waals surface area (Å²) in [5.74, 6) is 0. The van der Waals surface area contributed by atoms with E-state index in [2.05, 4.69) is 29.3 Å². The average Bonchev–Trinajstić information content (AvgIpc) is 3.21. The van der Waals surface area contributed by atoms with Crippen LogP contribution < -0.4 is 0 Å². The minimum absolute atomic E-state index is 0.438. The Morgan fingerprint density at radius 1 is 1.12 bits per heavy atom. The van der Waals surface area contributed by atoms with Crippen LogP contribution in [-0.2, 0) is 0 Å². The molecule has 0 saturated heterocycles. The molecular weight excluding hydrogens is 340 g/mol. The van der Waals surface area contributed by atoms with E-state index in [0.29, 0.717) is 20.7 Å². The zero-order valence-corrected chi connectivity index (χ0v) is 14.2. The Labute approximate surface area is 147 Å². The number of hydrogen-bond donors (Lipinski definition) is 0. The van der Waals surface area contributed by atoms with Crippen LogP contribution in [-0.4, -0.2) is 9.36 Å². The van der Waals surface area contributed by atoms with Crippen LogP contribution in [0.2, 0.25) is 0 Å². The molecule has 1 aromatic carbocycles. The molecule has 0 radical (unpaired) electrons. The van der Waals surface area contributed by atoms with Gasteiger partial charge in [-0.1, -0.05) is 41.7 Å². The molecule has 0 aliphatic heterocycles. The van der Waals surface area contributed by atoms with Crippen molar-refractivity contribution in [3.05, 3.63) is 69.9 Å². The Bertz CT molecular complexity index is 945. The molecule has 0 aliphatic rings. The minimum atomic E-state index is -0.938. The van der Waals surface area contributed by atoms with Crippen LogP contribution in [0.1, 0.15) is 16.9 Å². The van der Waals surface area contributed by atoms with Gasteiger partial charge in [-0.2, -0.15) is 4.37 Å². The molecule has 6 nitrogen and oxygen atoms in total. The summed E-state index contributed by atoms with van der Waals surface area (Å²) >= 11 is 2.49. The van der Waals surface area contributed by atoms with Crippen LogP contribution >= 0.6 is 22.9 Å². The van der Waals surface area contributed by atoms with Gasteiger partial charge >= 0.3 is 6.17 Å². The number of aryl methyl sites for hydroxylation is 1. The zero-order valence-electron chi connectivity index (χ0n) is 12.5. The van der Waals surface area contributed by atoms with Crippen LogP contribution in [0.5, 0.6) is 0 Å². The van der Waals surface area contributed by atoms with Crippen molar-refractivity contribution in [1.29, 1.82) is 0 Å². The third-order valence-electron chi connectivity index (χ3n) is 2.99. The van der Waals surface area contributed by atoms with Crippen molar-refractivity contribution in [2.45, 2.75) is 13.1 Å². The first-order chi connectivity index (χ1) is 11.7. The van der Waals surface area contributed by atoms with Crippen molar-refractivity contribution in [2.24, 2.45) is 10.2 Å². The third-order valence-corrected chi connectivity index (χ3v) is 4.74. The van der Waals surface area contributed by atoms with Crippen LogP contribution in [0.25, 0.3) is 20.9 Å². The summed E-state index contributed by atoms with van der Waals surface area (Å²) in [6.45, 7) is 16.2. The molecular formula is C16H10N6S2.